The predicted octanol–water partition coefficient (Wildman–Crippen LogP) is 1.78. The second-order valence-corrected chi connectivity index (χ2v) is 5.83. The van der Waals surface area contributed by atoms with Crippen molar-refractivity contribution in [3.63, 3.8) is 0 Å². The molecule has 21 heavy (non-hydrogen) atoms. The van der Waals surface area contributed by atoms with Crippen LogP contribution in [-0.2, 0) is 4.74 Å². The SMILES string of the molecule is CNC(CN(C)C1CCOC1C)c1ccc2c(c1)OCO2. The quantitative estimate of drug-likeness (QED) is 0.896. The number of nitrogens with one attached hydrogen (secondary N) is 1. The smallest absolute Gasteiger partial charge is 0.231 e. The predicted molar refractivity (Wildman–Crippen MR) is 80.8 cm³/mol. The molecule has 1 saturated heterocycles. The van der Waals surface area contributed by atoms with E-state index in [0.29, 0.717) is 18.9 Å². The van der Waals surface area contributed by atoms with E-state index in [0.717, 1.165) is 31.1 Å². The van der Waals surface area contributed by atoms with Crippen LogP contribution in [0.25, 0.3) is 0 Å². The minimum Gasteiger partial charge on any atom is -0.454 e. The lowest BCUT2D eigenvalue weighted by molar-refractivity contribution is 0.0806. The summed E-state index contributed by atoms with van der Waals surface area (Å²) in [5, 5.41) is 3.40. The Morgan fingerprint density at radius 3 is 2.86 bits per heavy atom. The molecule has 0 aromatic heterocycles. The number of likely N-dealkylation sites (N-methyl/N-ethyl adjacent to an activating group) is 2. The van der Waals surface area contributed by atoms with Crippen LogP contribution in [0, 0.1) is 0 Å². The van der Waals surface area contributed by atoms with E-state index in [-0.39, 0.29) is 6.04 Å². The molecule has 0 amide bonds. The van der Waals surface area contributed by atoms with Crippen molar-refractivity contribution < 1.29 is 14.2 Å². The summed E-state index contributed by atoms with van der Waals surface area (Å²) in [5.74, 6) is 1.67. The van der Waals surface area contributed by atoms with E-state index in [1.54, 1.807) is 0 Å². The zero-order valence-corrected chi connectivity index (χ0v) is 13.0. The van der Waals surface area contributed by atoms with Crippen molar-refractivity contribution in [2.24, 2.45) is 0 Å². The fourth-order valence-corrected chi connectivity index (χ4v) is 3.22. The van der Waals surface area contributed by atoms with Crippen molar-refractivity contribution in [1.82, 2.24) is 10.2 Å². The van der Waals surface area contributed by atoms with Gasteiger partial charge in [0.2, 0.25) is 6.79 Å². The monoisotopic (exact) mass is 292 g/mol. The Morgan fingerprint density at radius 1 is 1.33 bits per heavy atom. The first kappa shape index (κ1) is 14.6. The summed E-state index contributed by atoms with van der Waals surface area (Å²) in [6.45, 7) is 4.28. The topological polar surface area (TPSA) is 43.0 Å². The maximum Gasteiger partial charge on any atom is 0.231 e. The zero-order chi connectivity index (χ0) is 14.8. The number of hydrogen-bond donors (Lipinski definition) is 1. The molecule has 0 bridgehead atoms. The Hall–Kier alpha value is -1.30. The molecule has 1 aromatic carbocycles. The van der Waals surface area contributed by atoms with Gasteiger partial charge in [-0.15, -0.1) is 0 Å². The third-order valence-electron chi connectivity index (χ3n) is 4.52. The number of fused-ring (bicyclic) bond motifs is 1. The Morgan fingerprint density at radius 2 is 2.14 bits per heavy atom. The Labute approximate surface area is 126 Å². The van der Waals surface area contributed by atoms with Gasteiger partial charge < -0.3 is 19.5 Å². The van der Waals surface area contributed by atoms with Crippen LogP contribution < -0.4 is 14.8 Å². The lowest BCUT2D eigenvalue weighted by Crippen LogP contribution is -2.41. The molecule has 0 saturated carbocycles. The number of ether oxygens (including phenoxy) is 3. The van der Waals surface area contributed by atoms with E-state index in [4.69, 9.17) is 14.2 Å². The van der Waals surface area contributed by atoms with Gasteiger partial charge in [0.05, 0.1) is 6.10 Å². The molecule has 0 spiro atoms. The molecule has 1 aromatic rings. The van der Waals surface area contributed by atoms with Gasteiger partial charge in [0, 0.05) is 25.2 Å². The molecule has 2 aliphatic rings. The van der Waals surface area contributed by atoms with Crippen LogP contribution in [0.2, 0.25) is 0 Å². The average molecular weight is 292 g/mol. The third kappa shape index (κ3) is 3.00. The molecule has 3 rings (SSSR count). The van der Waals surface area contributed by atoms with E-state index < -0.39 is 0 Å². The number of nitrogens with zero attached hydrogens (tertiary/aromatic N) is 1. The van der Waals surface area contributed by atoms with Crippen LogP contribution in [0.3, 0.4) is 0 Å². The van der Waals surface area contributed by atoms with Gasteiger partial charge in [-0.25, -0.2) is 0 Å². The van der Waals surface area contributed by atoms with Crippen LogP contribution >= 0.6 is 0 Å². The van der Waals surface area contributed by atoms with Gasteiger partial charge in [-0.05, 0) is 45.1 Å². The molecular formula is C16H24N2O3. The molecule has 1 N–H and O–H groups in total. The lowest BCUT2D eigenvalue weighted by Gasteiger charge is -2.30. The third-order valence-corrected chi connectivity index (χ3v) is 4.52. The van der Waals surface area contributed by atoms with Gasteiger partial charge in [-0.2, -0.15) is 0 Å². The van der Waals surface area contributed by atoms with Crippen LogP contribution in [0.15, 0.2) is 18.2 Å². The number of hydrogen-bond acceptors (Lipinski definition) is 5. The van der Waals surface area contributed by atoms with Crippen LogP contribution in [-0.4, -0.2) is 51.1 Å². The van der Waals surface area contributed by atoms with Crippen molar-refractivity contribution in [3.05, 3.63) is 23.8 Å². The van der Waals surface area contributed by atoms with Crippen LogP contribution in [0.5, 0.6) is 11.5 Å². The van der Waals surface area contributed by atoms with E-state index in [2.05, 4.69) is 36.3 Å². The maximum absolute atomic E-state index is 5.67. The second kappa shape index (κ2) is 6.22. The minimum absolute atomic E-state index is 0.261. The zero-order valence-electron chi connectivity index (χ0n) is 13.0. The van der Waals surface area contributed by atoms with E-state index in [1.165, 1.54) is 5.56 Å². The Balaban J connectivity index is 1.70. The van der Waals surface area contributed by atoms with Gasteiger partial charge in [0.1, 0.15) is 0 Å². The van der Waals surface area contributed by atoms with Crippen molar-refractivity contribution in [2.75, 3.05) is 34.0 Å². The molecule has 3 atom stereocenters. The van der Waals surface area contributed by atoms with Crippen LogP contribution in [0.1, 0.15) is 24.9 Å². The average Bonchev–Trinajstić information content (AvgIpc) is 3.12. The first-order valence-corrected chi connectivity index (χ1v) is 7.57. The summed E-state index contributed by atoms with van der Waals surface area (Å²) in [5.41, 5.74) is 1.22. The highest BCUT2D eigenvalue weighted by molar-refractivity contribution is 5.45. The van der Waals surface area contributed by atoms with Gasteiger partial charge in [0.15, 0.2) is 11.5 Å². The van der Waals surface area contributed by atoms with Crippen molar-refractivity contribution >= 4 is 0 Å². The standard InChI is InChI=1S/C16H24N2O3/c1-11-14(6-7-19-11)18(3)9-13(17-2)12-4-5-15-16(8-12)21-10-20-15/h4-5,8,11,13-14,17H,6-7,9-10H2,1-3H3. The molecule has 2 aliphatic heterocycles. The molecule has 5 heteroatoms. The molecule has 0 aliphatic carbocycles. The first-order chi connectivity index (χ1) is 10.2. The summed E-state index contributed by atoms with van der Waals surface area (Å²) >= 11 is 0. The van der Waals surface area contributed by atoms with Crippen molar-refractivity contribution in [2.45, 2.75) is 31.5 Å². The summed E-state index contributed by atoms with van der Waals surface area (Å²) in [6, 6.07) is 6.93. The number of rotatable bonds is 5. The first-order valence-electron chi connectivity index (χ1n) is 7.57. The molecule has 2 heterocycles. The fraction of sp³-hybridized carbons (Fsp3) is 0.625. The van der Waals surface area contributed by atoms with E-state index >= 15 is 0 Å². The Kier molecular flexibility index (Phi) is 4.33. The van der Waals surface area contributed by atoms with Crippen molar-refractivity contribution in [1.29, 1.82) is 0 Å². The summed E-state index contributed by atoms with van der Waals surface area (Å²) in [4.78, 5) is 2.39. The summed E-state index contributed by atoms with van der Waals surface area (Å²) in [6.07, 6.45) is 1.42. The fourth-order valence-electron chi connectivity index (χ4n) is 3.22. The molecule has 0 radical (unpaired) electrons. The maximum atomic E-state index is 5.67. The highest BCUT2D eigenvalue weighted by Gasteiger charge is 2.29. The highest BCUT2D eigenvalue weighted by Crippen LogP contribution is 2.34. The minimum atomic E-state index is 0.261. The Bertz CT molecular complexity index is 494. The highest BCUT2D eigenvalue weighted by atomic mass is 16.7. The largest absolute Gasteiger partial charge is 0.454 e. The summed E-state index contributed by atoms with van der Waals surface area (Å²) in [7, 11) is 4.17. The lowest BCUT2D eigenvalue weighted by atomic mass is 10.0. The van der Waals surface area contributed by atoms with E-state index in [1.807, 2.05) is 13.1 Å². The van der Waals surface area contributed by atoms with E-state index in [9.17, 15) is 0 Å². The number of benzene rings is 1. The van der Waals surface area contributed by atoms with Gasteiger partial charge in [-0.3, -0.25) is 4.90 Å². The van der Waals surface area contributed by atoms with Gasteiger partial charge >= 0.3 is 0 Å². The molecule has 1 fully saturated rings. The molecule has 116 valence electrons. The summed E-state index contributed by atoms with van der Waals surface area (Å²) < 4.78 is 16.5. The van der Waals surface area contributed by atoms with Gasteiger partial charge in [-0.1, -0.05) is 6.07 Å². The van der Waals surface area contributed by atoms with Crippen LogP contribution in [0.4, 0.5) is 0 Å². The second-order valence-electron chi connectivity index (χ2n) is 5.83. The van der Waals surface area contributed by atoms with Gasteiger partial charge in [0.25, 0.3) is 0 Å². The normalized spacial score (nSPS) is 25.5. The molecule has 5 nitrogen and oxygen atoms in total. The molecular weight excluding hydrogens is 268 g/mol. The molecule has 3 unspecified atom stereocenters. The van der Waals surface area contributed by atoms with Crippen molar-refractivity contribution in [3.8, 4) is 11.5 Å².